The summed E-state index contributed by atoms with van der Waals surface area (Å²) in [6, 6.07) is 8.38. The Labute approximate surface area is 128 Å². The Bertz CT molecular complexity index is 541. The quantitative estimate of drug-likeness (QED) is 0.363. The fourth-order valence-electron chi connectivity index (χ4n) is 1.75. The van der Waals surface area contributed by atoms with Crippen molar-refractivity contribution in [1.82, 2.24) is 10.6 Å². The number of azide groups is 1. The van der Waals surface area contributed by atoms with Gasteiger partial charge in [-0.25, -0.2) is 4.79 Å². The maximum absolute atomic E-state index is 11.8. The third kappa shape index (κ3) is 7.16. The second-order valence-electron chi connectivity index (χ2n) is 5.03. The van der Waals surface area contributed by atoms with Crippen LogP contribution in [0.5, 0.6) is 0 Å². The first-order valence-corrected chi connectivity index (χ1v) is 6.84. The highest BCUT2D eigenvalue weighted by atomic mass is 16.5. The van der Waals surface area contributed by atoms with E-state index in [1.807, 2.05) is 44.2 Å². The topological polar surface area (TPSA) is 116 Å². The number of carbonyl (C=O) groups excluding carboxylic acids is 2. The van der Waals surface area contributed by atoms with Crippen molar-refractivity contribution < 1.29 is 14.3 Å². The molecule has 0 spiro atoms. The summed E-state index contributed by atoms with van der Waals surface area (Å²) in [4.78, 5) is 25.4. The van der Waals surface area contributed by atoms with Crippen LogP contribution in [0.25, 0.3) is 10.4 Å². The molecule has 0 aliphatic heterocycles. The third-order valence-corrected chi connectivity index (χ3v) is 2.65. The molecule has 0 saturated heterocycles. The van der Waals surface area contributed by atoms with Crippen molar-refractivity contribution in [2.75, 3.05) is 0 Å². The van der Waals surface area contributed by atoms with Crippen LogP contribution in [-0.4, -0.2) is 18.3 Å². The van der Waals surface area contributed by atoms with E-state index in [2.05, 4.69) is 20.7 Å². The van der Waals surface area contributed by atoms with Crippen LogP contribution in [0.15, 0.2) is 35.4 Å². The van der Waals surface area contributed by atoms with Crippen LogP contribution in [0.2, 0.25) is 0 Å². The second kappa shape index (κ2) is 9.25. The number of amides is 3. The number of benzene rings is 1. The number of carbonyl (C=O) groups is 2. The Morgan fingerprint density at radius 2 is 1.95 bits per heavy atom. The molecule has 1 rings (SSSR count). The summed E-state index contributed by atoms with van der Waals surface area (Å²) in [5.74, 6) is 0.214. The molecule has 0 aliphatic carbocycles. The van der Waals surface area contributed by atoms with Gasteiger partial charge in [0.2, 0.25) is 0 Å². The summed E-state index contributed by atoms with van der Waals surface area (Å²) >= 11 is 0. The zero-order chi connectivity index (χ0) is 16.4. The third-order valence-electron chi connectivity index (χ3n) is 2.65. The van der Waals surface area contributed by atoms with Gasteiger partial charge in [0.05, 0.1) is 0 Å². The summed E-state index contributed by atoms with van der Waals surface area (Å²) in [5.41, 5.74) is 9.07. The van der Waals surface area contributed by atoms with Gasteiger partial charge in [0.25, 0.3) is 0 Å². The molecule has 1 aromatic rings. The molecule has 1 aromatic carbocycles. The predicted octanol–water partition coefficient (Wildman–Crippen LogP) is 3.30. The molecule has 2 N–H and O–H groups in total. The van der Waals surface area contributed by atoms with Gasteiger partial charge < -0.3 is 15.4 Å². The van der Waals surface area contributed by atoms with Crippen LogP contribution in [0.4, 0.5) is 9.59 Å². The Kier molecular flexibility index (Phi) is 7.28. The molecule has 22 heavy (non-hydrogen) atoms. The summed E-state index contributed by atoms with van der Waals surface area (Å²) in [6.07, 6.45) is -0.843. The minimum atomic E-state index is -0.850. The minimum absolute atomic E-state index is 0.130. The van der Waals surface area contributed by atoms with Gasteiger partial charge >= 0.3 is 12.1 Å². The number of alkyl carbamates (subject to hydrolysis) is 1. The average Bonchev–Trinajstić information content (AvgIpc) is 2.45. The molecule has 1 atom stereocenters. The first kappa shape index (κ1) is 17.3. The van der Waals surface area contributed by atoms with Crippen LogP contribution in [-0.2, 0) is 11.3 Å². The lowest BCUT2D eigenvalue weighted by Crippen LogP contribution is -2.47. The fraction of sp³-hybridized carbons (Fsp3) is 0.429. The molecule has 118 valence electrons. The SMILES string of the molecule is CC(C)C[C@@H](NC(=O)N=[N+]=[N-])NC(=O)OCc1ccccc1. The van der Waals surface area contributed by atoms with Crippen molar-refractivity contribution in [3.63, 3.8) is 0 Å². The molecule has 3 amide bonds. The van der Waals surface area contributed by atoms with E-state index in [1.165, 1.54) is 0 Å². The molecular weight excluding hydrogens is 286 g/mol. The fourth-order valence-corrected chi connectivity index (χ4v) is 1.75. The molecule has 0 radical (unpaired) electrons. The average molecular weight is 305 g/mol. The molecule has 0 heterocycles. The van der Waals surface area contributed by atoms with Crippen molar-refractivity contribution >= 4 is 12.1 Å². The van der Waals surface area contributed by atoms with Crippen molar-refractivity contribution in [2.24, 2.45) is 11.0 Å². The van der Waals surface area contributed by atoms with Gasteiger partial charge in [0.1, 0.15) is 12.8 Å². The molecule has 0 fully saturated rings. The standard InChI is InChI=1S/C14H19N5O3/c1-10(2)8-12(16-13(20)18-19-15)17-14(21)22-9-11-6-4-3-5-7-11/h3-7,10,12H,8-9H2,1-2H3,(H,16,20)(H,17,21)/t12-/m0/s1. The van der Waals surface area contributed by atoms with Gasteiger partial charge in [0, 0.05) is 10.0 Å². The predicted molar refractivity (Wildman–Crippen MR) is 80.7 cm³/mol. The molecule has 0 unspecified atom stereocenters. The highest BCUT2D eigenvalue weighted by Gasteiger charge is 2.16. The minimum Gasteiger partial charge on any atom is -0.445 e. The molecule has 8 nitrogen and oxygen atoms in total. The number of urea groups is 1. The molecule has 0 aromatic heterocycles. The van der Waals surface area contributed by atoms with Gasteiger partial charge in [-0.2, -0.15) is 0 Å². The van der Waals surface area contributed by atoms with Crippen LogP contribution < -0.4 is 10.6 Å². The van der Waals surface area contributed by atoms with Gasteiger partial charge in [0.15, 0.2) is 0 Å². The van der Waals surface area contributed by atoms with Crippen molar-refractivity contribution in [2.45, 2.75) is 33.0 Å². The number of nitrogens with zero attached hydrogens (tertiary/aromatic N) is 3. The van der Waals surface area contributed by atoms with Crippen molar-refractivity contribution in [3.05, 3.63) is 46.3 Å². The lowest BCUT2D eigenvalue weighted by molar-refractivity contribution is 0.132. The lowest BCUT2D eigenvalue weighted by atomic mass is 10.1. The van der Waals surface area contributed by atoms with E-state index in [1.54, 1.807) is 0 Å². The Morgan fingerprint density at radius 3 is 2.55 bits per heavy atom. The molecule has 0 bridgehead atoms. The van der Waals surface area contributed by atoms with Crippen LogP contribution in [0.1, 0.15) is 25.8 Å². The van der Waals surface area contributed by atoms with E-state index in [-0.39, 0.29) is 12.5 Å². The molecular formula is C14H19N5O3. The zero-order valence-electron chi connectivity index (χ0n) is 12.5. The molecule has 0 saturated carbocycles. The van der Waals surface area contributed by atoms with E-state index in [4.69, 9.17) is 10.3 Å². The first-order chi connectivity index (χ1) is 10.5. The number of hydrogen-bond acceptors (Lipinski definition) is 3. The summed E-state index contributed by atoms with van der Waals surface area (Å²) < 4.78 is 5.08. The summed E-state index contributed by atoms with van der Waals surface area (Å²) in [6.45, 7) is 4.00. The van der Waals surface area contributed by atoms with Crippen LogP contribution >= 0.6 is 0 Å². The smallest absolute Gasteiger partial charge is 0.409 e. The number of ether oxygens (including phenoxy) is 1. The molecule has 0 aliphatic rings. The largest absolute Gasteiger partial charge is 0.445 e. The first-order valence-electron chi connectivity index (χ1n) is 6.84. The summed E-state index contributed by atoms with van der Waals surface area (Å²) in [7, 11) is 0. The van der Waals surface area contributed by atoms with Crippen LogP contribution in [0, 0.1) is 5.92 Å². The lowest BCUT2D eigenvalue weighted by Gasteiger charge is -2.20. The maximum atomic E-state index is 11.8. The number of rotatable bonds is 6. The monoisotopic (exact) mass is 305 g/mol. The van der Waals surface area contributed by atoms with E-state index in [0.717, 1.165) is 5.56 Å². The zero-order valence-corrected chi connectivity index (χ0v) is 12.5. The van der Waals surface area contributed by atoms with Gasteiger partial charge in [-0.3, -0.25) is 4.79 Å². The van der Waals surface area contributed by atoms with Gasteiger partial charge in [-0.05, 0) is 23.4 Å². The number of nitrogens with one attached hydrogen (secondary N) is 2. The summed E-state index contributed by atoms with van der Waals surface area (Å²) in [5, 5.41) is 7.85. The van der Waals surface area contributed by atoms with Crippen LogP contribution in [0.3, 0.4) is 0 Å². The maximum Gasteiger partial charge on any atom is 0.409 e. The van der Waals surface area contributed by atoms with E-state index in [0.29, 0.717) is 6.42 Å². The van der Waals surface area contributed by atoms with E-state index in [9.17, 15) is 9.59 Å². The van der Waals surface area contributed by atoms with E-state index < -0.39 is 18.3 Å². The Balaban J connectivity index is 2.50. The number of hydrogen-bond donors (Lipinski definition) is 2. The second-order valence-corrected chi connectivity index (χ2v) is 5.03. The van der Waals surface area contributed by atoms with Gasteiger partial charge in [-0.15, -0.1) is 0 Å². The highest BCUT2D eigenvalue weighted by molar-refractivity contribution is 5.76. The Hall–Kier alpha value is -2.73. The van der Waals surface area contributed by atoms with Crippen molar-refractivity contribution in [3.8, 4) is 0 Å². The van der Waals surface area contributed by atoms with Crippen molar-refractivity contribution in [1.29, 1.82) is 0 Å². The van der Waals surface area contributed by atoms with Gasteiger partial charge in [-0.1, -0.05) is 44.2 Å². The van der Waals surface area contributed by atoms with E-state index >= 15 is 0 Å². The molecule has 8 heteroatoms. The Morgan fingerprint density at radius 1 is 1.27 bits per heavy atom. The highest BCUT2D eigenvalue weighted by Crippen LogP contribution is 2.05. The normalized spacial score (nSPS) is 11.2.